The molecule has 1 aromatic carbocycles. The number of Topliss-reactive ketones (excluding diaryl/α,β-unsaturated/α-hetero) is 1. The van der Waals surface area contributed by atoms with Gasteiger partial charge in [0.05, 0.1) is 11.3 Å². The van der Waals surface area contributed by atoms with Crippen LogP contribution in [0.1, 0.15) is 62.9 Å². The minimum Gasteiger partial charge on any atom is -0.367 e. The van der Waals surface area contributed by atoms with Crippen molar-refractivity contribution in [2.75, 3.05) is 11.4 Å². The molecule has 0 bridgehead atoms. The highest BCUT2D eigenvalue weighted by Crippen LogP contribution is 2.35. The molecule has 1 aromatic rings. The summed E-state index contributed by atoms with van der Waals surface area (Å²) in [5.41, 5.74) is 2.54. The molecule has 1 fully saturated rings. The third-order valence-electron chi connectivity index (χ3n) is 4.06. The molecule has 1 heterocycles. The van der Waals surface area contributed by atoms with Crippen molar-refractivity contribution in [3.8, 4) is 6.07 Å². The summed E-state index contributed by atoms with van der Waals surface area (Å²) in [6.07, 6.45) is 3.41. The first-order valence-corrected chi connectivity index (χ1v) is 7.63. The second-order valence-electron chi connectivity index (χ2n) is 7.15. The predicted octanol–water partition coefficient (Wildman–Crippen LogP) is 4.17. The van der Waals surface area contributed by atoms with Crippen molar-refractivity contribution < 1.29 is 4.79 Å². The Bertz CT molecular complexity index is 578. The van der Waals surface area contributed by atoms with E-state index in [1.165, 1.54) is 0 Å². The normalized spacial score (nSPS) is 18.6. The molecule has 1 unspecified atom stereocenters. The van der Waals surface area contributed by atoms with Gasteiger partial charge in [0.1, 0.15) is 6.07 Å². The van der Waals surface area contributed by atoms with Crippen LogP contribution in [0.3, 0.4) is 0 Å². The van der Waals surface area contributed by atoms with Crippen LogP contribution in [-0.4, -0.2) is 18.4 Å². The van der Waals surface area contributed by atoms with Crippen LogP contribution >= 0.6 is 0 Å². The molecule has 1 aliphatic rings. The number of ketones is 1. The van der Waals surface area contributed by atoms with E-state index in [2.05, 4.69) is 31.7 Å². The van der Waals surface area contributed by atoms with E-state index >= 15 is 0 Å². The molecule has 3 nitrogen and oxygen atoms in total. The lowest BCUT2D eigenvalue weighted by Crippen LogP contribution is -2.33. The van der Waals surface area contributed by atoms with Crippen molar-refractivity contribution in [2.45, 2.75) is 53.0 Å². The quantitative estimate of drug-likeness (QED) is 0.783. The number of carbonyl (C=O) groups is 1. The van der Waals surface area contributed by atoms with Crippen LogP contribution < -0.4 is 4.90 Å². The Morgan fingerprint density at radius 1 is 1.43 bits per heavy atom. The molecule has 2 rings (SSSR count). The van der Waals surface area contributed by atoms with E-state index < -0.39 is 0 Å². The first kappa shape index (κ1) is 15.6. The summed E-state index contributed by atoms with van der Waals surface area (Å²) in [7, 11) is 0. The summed E-state index contributed by atoms with van der Waals surface area (Å²) >= 11 is 0. The Hall–Kier alpha value is -1.82. The third kappa shape index (κ3) is 3.64. The molecule has 112 valence electrons. The van der Waals surface area contributed by atoms with Crippen LogP contribution in [0.2, 0.25) is 0 Å². The molecular formula is C18H24N2O. The van der Waals surface area contributed by atoms with Gasteiger partial charge >= 0.3 is 0 Å². The zero-order valence-corrected chi connectivity index (χ0v) is 13.4. The van der Waals surface area contributed by atoms with Gasteiger partial charge in [0.15, 0.2) is 5.78 Å². The van der Waals surface area contributed by atoms with Crippen LogP contribution in [0.15, 0.2) is 18.2 Å². The van der Waals surface area contributed by atoms with Crippen molar-refractivity contribution in [2.24, 2.45) is 5.41 Å². The van der Waals surface area contributed by atoms with E-state index in [9.17, 15) is 10.1 Å². The van der Waals surface area contributed by atoms with Gasteiger partial charge in [-0.25, -0.2) is 0 Å². The maximum absolute atomic E-state index is 11.6. The van der Waals surface area contributed by atoms with Crippen molar-refractivity contribution in [3.05, 3.63) is 29.3 Å². The summed E-state index contributed by atoms with van der Waals surface area (Å²) in [6.45, 7) is 9.29. The number of nitriles is 1. The van der Waals surface area contributed by atoms with Gasteiger partial charge < -0.3 is 4.90 Å². The molecule has 0 spiro atoms. The molecule has 1 atom stereocenters. The number of hydrogen-bond donors (Lipinski definition) is 0. The SMILES string of the molecule is CC(=O)c1ccc(C#N)c(N2CCCC2CC(C)(C)C)c1. The molecule has 0 amide bonds. The molecule has 21 heavy (non-hydrogen) atoms. The monoisotopic (exact) mass is 284 g/mol. The summed E-state index contributed by atoms with van der Waals surface area (Å²) in [4.78, 5) is 14.0. The van der Waals surface area contributed by atoms with E-state index in [1.54, 1.807) is 19.1 Å². The average molecular weight is 284 g/mol. The molecule has 0 aromatic heterocycles. The van der Waals surface area contributed by atoms with Gasteiger partial charge in [0.2, 0.25) is 0 Å². The Labute approximate surface area is 127 Å². The van der Waals surface area contributed by atoms with Gasteiger partial charge in [0.25, 0.3) is 0 Å². The van der Waals surface area contributed by atoms with E-state index in [0.29, 0.717) is 17.2 Å². The van der Waals surface area contributed by atoms with Crippen LogP contribution in [0.5, 0.6) is 0 Å². The van der Waals surface area contributed by atoms with Gasteiger partial charge in [-0.2, -0.15) is 5.26 Å². The average Bonchev–Trinajstić information content (AvgIpc) is 2.83. The topological polar surface area (TPSA) is 44.1 Å². The van der Waals surface area contributed by atoms with Gasteiger partial charge in [0, 0.05) is 18.2 Å². The van der Waals surface area contributed by atoms with E-state index in [1.807, 2.05) is 6.07 Å². The van der Waals surface area contributed by atoms with Crippen molar-refractivity contribution >= 4 is 11.5 Å². The van der Waals surface area contributed by atoms with Crippen molar-refractivity contribution in [1.82, 2.24) is 0 Å². The number of benzene rings is 1. The molecular weight excluding hydrogens is 260 g/mol. The standard InChI is InChI=1S/C18H24N2O/c1-13(21)14-7-8-15(12-19)17(10-14)20-9-5-6-16(20)11-18(2,3)4/h7-8,10,16H,5-6,9,11H2,1-4H3. The maximum Gasteiger partial charge on any atom is 0.159 e. The van der Waals surface area contributed by atoms with Crippen molar-refractivity contribution in [3.63, 3.8) is 0 Å². The molecule has 0 N–H and O–H groups in total. The van der Waals surface area contributed by atoms with E-state index in [0.717, 1.165) is 31.5 Å². The first-order chi connectivity index (χ1) is 9.81. The highest BCUT2D eigenvalue weighted by molar-refractivity contribution is 5.95. The predicted molar refractivity (Wildman–Crippen MR) is 85.6 cm³/mol. The van der Waals surface area contributed by atoms with Crippen LogP contribution in [-0.2, 0) is 0 Å². The summed E-state index contributed by atoms with van der Waals surface area (Å²) in [5, 5.41) is 9.37. The summed E-state index contributed by atoms with van der Waals surface area (Å²) in [6, 6.07) is 8.14. The third-order valence-corrected chi connectivity index (χ3v) is 4.06. The zero-order chi connectivity index (χ0) is 15.6. The highest BCUT2D eigenvalue weighted by Gasteiger charge is 2.30. The Morgan fingerprint density at radius 2 is 2.14 bits per heavy atom. The lowest BCUT2D eigenvalue weighted by molar-refractivity contribution is 0.101. The summed E-state index contributed by atoms with van der Waals surface area (Å²) < 4.78 is 0. The number of hydrogen-bond acceptors (Lipinski definition) is 3. The number of nitrogens with zero attached hydrogens (tertiary/aromatic N) is 2. The number of rotatable bonds is 3. The second kappa shape index (κ2) is 5.89. The number of anilines is 1. The molecule has 0 aliphatic carbocycles. The Balaban J connectivity index is 2.37. The minimum atomic E-state index is 0.0484. The molecule has 1 saturated heterocycles. The maximum atomic E-state index is 11.6. The Kier molecular flexibility index (Phi) is 4.37. The molecule has 0 saturated carbocycles. The van der Waals surface area contributed by atoms with Gasteiger partial charge in [-0.05, 0) is 49.8 Å². The van der Waals surface area contributed by atoms with Gasteiger partial charge in [-0.15, -0.1) is 0 Å². The van der Waals surface area contributed by atoms with Crippen LogP contribution in [0, 0.1) is 16.7 Å². The van der Waals surface area contributed by atoms with E-state index in [-0.39, 0.29) is 11.2 Å². The largest absolute Gasteiger partial charge is 0.367 e. The lowest BCUT2D eigenvalue weighted by atomic mass is 9.87. The lowest BCUT2D eigenvalue weighted by Gasteiger charge is -2.32. The molecule has 3 heteroatoms. The highest BCUT2D eigenvalue weighted by atomic mass is 16.1. The fourth-order valence-corrected chi connectivity index (χ4v) is 3.15. The fourth-order valence-electron chi connectivity index (χ4n) is 3.15. The fraction of sp³-hybridized carbons (Fsp3) is 0.556. The first-order valence-electron chi connectivity index (χ1n) is 7.63. The second-order valence-corrected chi connectivity index (χ2v) is 7.15. The minimum absolute atomic E-state index is 0.0484. The van der Waals surface area contributed by atoms with Crippen LogP contribution in [0.25, 0.3) is 0 Å². The van der Waals surface area contributed by atoms with Crippen LogP contribution in [0.4, 0.5) is 5.69 Å². The summed E-state index contributed by atoms with van der Waals surface area (Å²) in [5.74, 6) is 0.0484. The molecule has 1 aliphatic heterocycles. The van der Waals surface area contributed by atoms with Crippen molar-refractivity contribution in [1.29, 1.82) is 5.26 Å². The zero-order valence-electron chi connectivity index (χ0n) is 13.4. The van der Waals surface area contributed by atoms with Gasteiger partial charge in [-0.1, -0.05) is 20.8 Å². The number of carbonyl (C=O) groups excluding carboxylic acids is 1. The van der Waals surface area contributed by atoms with Gasteiger partial charge in [-0.3, -0.25) is 4.79 Å². The van der Waals surface area contributed by atoms with E-state index in [4.69, 9.17) is 0 Å². The molecule has 0 radical (unpaired) electrons. The Morgan fingerprint density at radius 3 is 2.71 bits per heavy atom. The smallest absolute Gasteiger partial charge is 0.159 e.